The highest BCUT2D eigenvalue weighted by atomic mass is 16.5. The van der Waals surface area contributed by atoms with Crippen LogP contribution < -0.4 is 4.74 Å². The van der Waals surface area contributed by atoms with Gasteiger partial charge in [-0.25, -0.2) is 4.79 Å². The first-order valence-electron chi connectivity index (χ1n) is 12.6. The second kappa shape index (κ2) is 12.5. The van der Waals surface area contributed by atoms with Crippen molar-refractivity contribution in [2.75, 3.05) is 13.2 Å². The molecule has 1 unspecified atom stereocenters. The molecule has 4 heteroatoms. The quantitative estimate of drug-likeness (QED) is 0.147. The highest BCUT2D eigenvalue weighted by molar-refractivity contribution is 5.87. The van der Waals surface area contributed by atoms with Gasteiger partial charge in [-0.15, -0.1) is 0 Å². The van der Waals surface area contributed by atoms with Gasteiger partial charge in [0.15, 0.2) is 0 Å². The molecular weight excluding hydrogens is 424 g/mol. The summed E-state index contributed by atoms with van der Waals surface area (Å²) in [5.41, 5.74) is 5.10. The van der Waals surface area contributed by atoms with E-state index in [1.54, 1.807) is 6.92 Å². The van der Waals surface area contributed by atoms with Crippen LogP contribution in [0, 0.1) is 5.92 Å². The SMILES string of the molecule is C=C(C)C(=O)OCC(CC)COc1ccc2cc(-c3ccc(CCCCC)cc3CC)oc2c1. The van der Waals surface area contributed by atoms with E-state index in [0.29, 0.717) is 18.8 Å². The predicted molar refractivity (Wildman–Crippen MR) is 139 cm³/mol. The molecule has 0 saturated heterocycles. The molecule has 0 spiro atoms. The van der Waals surface area contributed by atoms with Crippen LogP contribution in [0.25, 0.3) is 22.3 Å². The average molecular weight is 463 g/mol. The summed E-state index contributed by atoms with van der Waals surface area (Å²) in [6.45, 7) is 12.6. The standard InChI is InChI=1S/C30H38O4/c1-6-9-10-11-23-12-15-27(24(8-3)16-23)29-17-25-13-14-26(18-28(25)34-29)32-19-22(7-2)20-33-30(31)21(4)5/h12-18,22H,4,6-11,19-20H2,1-3,5H3. The van der Waals surface area contributed by atoms with E-state index in [2.05, 4.69) is 51.6 Å². The van der Waals surface area contributed by atoms with E-state index in [-0.39, 0.29) is 11.9 Å². The van der Waals surface area contributed by atoms with Crippen LogP contribution in [0.15, 0.2) is 59.0 Å². The van der Waals surface area contributed by atoms with Gasteiger partial charge in [-0.2, -0.15) is 0 Å². The van der Waals surface area contributed by atoms with Crippen molar-refractivity contribution in [2.24, 2.45) is 5.92 Å². The second-order valence-electron chi connectivity index (χ2n) is 9.08. The van der Waals surface area contributed by atoms with Gasteiger partial charge in [0.1, 0.15) is 17.1 Å². The molecule has 0 radical (unpaired) electrons. The Morgan fingerprint density at radius 2 is 1.85 bits per heavy atom. The van der Waals surface area contributed by atoms with Crippen LogP contribution in [-0.4, -0.2) is 19.2 Å². The van der Waals surface area contributed by atoms with E-state index in [1.165, 1.54) is 30.4 Å². The minimum atomic E-state index is -0.358. The number of benzene rings is 2. The fourth-order valence-electron chi connectivity index (χ4n) is 3.96. The van der Waals surface area contributed by atoms with Crippen molar-refractivity contribution in [3.63, 3.8) is 0 Å². The normalized spacial score (nSPS) is 12.0. The van der Waals surface area contributed by atoms with Crippen LogP contribution in [0.3, 0.4) is 0 Å². The third-order valence-corrected chi connectivity index (χ3v) is 6.24. The maximum absolute atomic E-state index is 11.7. The molecule has 0 amide bonds. The molecule has 0 aliphatic carbocycles. The van der Waals surface area contributed by atoms with Gasteiger partial charge in [-0.3, -0.25) is 0 Å². The Labute approximate surface area is 204 Å². The van der Waals surface area contributed by atoms with E-state index in [4.69, 9.17) is 13.9 Å². The molecule has 0 saturated carbocycles. The Bertz CT molecular complexity index is 1110. The lowest BCUT2D eigenvalue weighted by atomic mass is 9.97. The average Bonchev–Trinajstić information content (AvgIpc) is 3.27. The number of furan rings is 1. The van der Waals surface area contributed by atoms with Crippen molar-refractivity contribution in [2.45, 2.75) is 66.2 Å². The van der Waals surface area contributed by atoms with E-state index in [0.717, 1.165) is 47.3 Å². The Morgan fingerprint density at radius 3 is 2.56 bits per heavy atom. The van der Waals surface area contributed by atoms with Gasteiger partial charge >= 0.3 is 5.97 Å². The van der Waals surface area contributed by atoms with Gasteiger partial charge in [0.2, 0.25) is 0 Å². The Morgan fingerprint density at radius 1 is 1.03 bits per heavy atom. The molecule has 4 nitrogen and oxygen atoms in total. The summed E-state index contributed by atoms with van der Waals surface area (Å²) in [6.07, 6.45) is 6.71. The summed E-state index contributed by atoms with van der Waals surface area (Å²) in [6, 6.07) is 14.8. The summed E-state index contributed by atoms with van der Waals surface area (Å²) >= 11 is 0. The Kier molecular flexibility index (Phi) is 9.38. The second-order valence-corrected chi connectivity index (χ2v) is 9.08. The first-order chi connectivity index (χ1) is 16.4. The molecule has 3 rings (SSSR count). The maximum atomic E-state index is 11.7. The van der Waals surface area contributed by atoms with Crippen molar-refractivity contribution in [3.8, 4) is 17.1 Å². The molecular formula is C30H38O4. The predicted octanol–water partition coefficient (Wildman–Crippen LogP) is 7.92. The number of carbonyl (C=O) groups excluding carboxylic acids is 1. The number of fused-ring (bicyclic) bond motifs is 1. The number of rotatable bonds is 13. The number of hydrogen-bond acceptors (Lipinski definition) is 4. The van der Waals surface area contributed by atoms with Gasteiger partial charge in [0, 0.05) is 28.5 Å². The van der Waals surface area contributed by atoms with E-state index < -0.39 is 0 Å². The first kappa shape index (κ1) is 25.6. The van der Waals surface area contributed by atoms with Gasteiger partial charge < -0.3 is 13.9 Å². The Balaban J connectivity index is 1.70. The third-order valence-electron chi connectivity index (χ3n) is 6.24. The fourth-order valence-corrected chi connectivity index (χ4v) is 3.96. The Hall–Kier alpha value is -3.01. The van der Waals surface area contributed by atoms with Crippen molar-refractivity contribution in [1.29, 1.82) is 0 Å². The van der Waals surface area contributed by atoms with Crippen LogP contribution in [-0.2, 0) is 22.4 Å². The molecule has 2 aromatic carbocycles. The summed E-state index contributed by atoms with van der Waals surface area (Å²) in [7, 11) is 0. The minimum absolute atomic E-state index is 0.120. The minimum Gasteiger partial charge on any atom is -0.493 e. The number of aryl methyl sites for hydroxylation is 2. The first-order valence-corrected chi connectivity index (χ1v) is 12.6. The van der Waals surface area contributed by atoms with E-state index >= 15 is 0 Å². The van der Waals surface area contributed by atoms with Crippen LogP contribution in [0.1, 0.15) is 64.5 Å². The van der Waals surface area contributed by atoms with Crippen LogP contribution in [0.2, 0.25) is 0 Å². The van der Waals surface area contributed by atoms with E-state index in [9.17, 15) is 4.79 Å². The molecule has 3 aromatic rings. The van der Waals surface area contributed by atoms with Crippen LogP contribution >= 0.6 is 0 Å². The topological polar surface area (TPSA) is 48.7 Å². The smallest absolute Gasteiger partial charge is 0.333 e. The molecule has 1 atom stereocenters. The summed E-state index contributed by atoms with van der Waals surface area (Å²) in [5, 5.41) is 1.05. The number of carbonyl (C=O) groups is 1. The molecule has 0 bridgehead atoms. The summed E-state index contributed by atoms with van der Waals surface area (Å²) < 4.78 is 17.6. The zero-order chi connectivity index (χ0) is 24.5. The van der Waals surface area contributed by atoms with Crippen molar-refractivity contribution >= 4 is 16.9 Å². The molecule has 0 aliphatic rings. The number of hydrogen-bond donors (Lipinski definition) is 0. The summed E-state index contributed by atoms with van der Waals surface area (Å²) in [5.74, 6) is 1.40. The molecule has 0 fully saturated rings. The lowest BCUT2D eigenvalue weighted by Gasteiger charge is -2.16. The lowest BCUT2D eigenvalue weighted by molar-refractivity contribution is -0.140. The highest BCUT2D eigenvalue weighted by Crippen LogP contribution is 2.33. The van der Waals surface area contributed by atoms with Crippen LogP contribution in [0.5, 0.6) is 5.75 Å². The van der Waals surface area contributed by atoms with Crippen molar-refractivity contribution in [1.82, 2.24) is 0 Å². The zero-order valence-corrected chi connectivity index (χ0v) is 21.1. The van der Waals surface area contributed by atoms with E-state index in [1.807, 2.05) is 18.2 Å². The van der Waals surface area contributed by atoms with Gasteiger partial charge in [-0.1, -0.05) is 58.4 Å². The van der Waals surface area contributed by atoms with Gasteiger partial charge in [0.25, 0.3) is 0 Å². The maximum Gasteiger partial charge on any atom is 0.333 e. The van der Waals surface area contributed by atoms with Gasteiger partial charge in [-0.05, 0) is 61.9 Å². The monoisotopic (exact) mass is 462 g/mol. The summed E-state index contributed by atoms with van der Waals surface area (Å²) in [4.78, 5) is 11.7. The lowest BCUT2D eigenvalue weighted by Crippen LogP contribution is -2.20. The highest BCUT2D eigenvalue weighted by Gasteiger charge is 2.14. The number of unbranched alkanes of at least 4 members (excludes halogenated alkanes) is 2. The molecule has 182 valence electrons. The fraction of sp³-hybridized carbons (Fsp3) is 0.433. The molecule has 34 heavy (non-hydrogen) atoms. The molecule has 1 aromatic heterocycles. The van der Waals surface area contributed by atoms with Crippen molar-refractivity contribution in [3.05, 3.63) is 65.7 Å². The van der Waals surface area contributed by atoms with Crippen LogP contribution in [0.4, 0.5) is 0 Å². The van der Waals surface area contributed by atoms with Gasteiger partial charge in [0.05, 0.1) is 13.2 Å². The van der Waals surface area contributed by atoms with Crippen molar-refractivity contribution < 1.29 is 18.7 Å². The molecule has 1 heterocycles. The largest absolute Gasteiger partial charge is 0.493 e. The molecule has 0 aliphatic heterocycles. The molecule has 0 N–H and O–H groups in total. The zero-order valence-electron chi connectivity index (χ0n) is 21.1. The number of ether oxygens (including phenoxy) is 2. The number of esters is 1. The third kappa shape index (κ3) is 6.75.